The van der Waals surface area contributed by atoms with Crippen molar-refractivity contribution in [2.75, 3.05) is 0 Å². The average Bonchev–Trinajstić information content (AvgIpc) is 2.09. The van der Waals surface area contributed by atoms with Gasteiger partial charge in [-0.2, -0.15) is 0 Å². The van der Waals surface area contributed by atoms with Crippen molar-refractivity contribution in [2.24, 2.45) is 0 Å². The van der Waals surface area contributed by atoms with Gasteiger partial charge in [0.2, 0.25) is 0 Å². The summed E-state index contributed by atoms with van der Waals surface area (Å²) in [5.74, 6) is -0.299. The second-order valence-corrected chi connectivity index (χ2v) is 4.31. The topological polar surface area (TPSA) is 26.3 Å². The number of esters is 1. The molecule has 1 aliphatic rings. The van der Waals surface area contributed by atoms with E-state index in [4.69, 9.17) is 4.74 Å². The highest BCUT2D eigenvalue weighted by atomic mass is 79.9. The van der Waals surface area contributed by atoms with Crippen molar-refractivity contribution >= 4 is 37.8 Å². The number of hydrogen-bond acceptors (Lipinski definition) is 2. The molecular formula is C7H6Br2O2. The first-order valence-electron chi connectivity index (χ1n) is 3.01. The molecule has 11 heavy (non-hydrogen) atoms. The van der Waals surface area contributed by atoms with E-state index in [9.17, 15) is 4.79 Å². The first kappa shape index (κ1) is 9.00. The summed E-state index contributed by atoms with van der Waals surface area (Å²) in [5.41, 5.74) is 0. The molecule has 0 aromatic heterocycles. The van der Waals surface area contributed by atoms with Crippen LogP contribution >= 0.6 is 31.9 Å². The van der Waals surface area contributed by atoms with Gasteiger partial charge in [-0.3, -0.25) is 0 Å². The van der Waals surface area contributed by atoms with E-state index < -0.39 is 0 Å². The van der Waals surface area contributed by atoms with E-state index in [0.717, 1.165) is 8.96 Å². The second-order valence-electron chi connectivity index (χ2n) is 2.14. The van der Waals surface area contributed by atoms with Gasteiger partial charge in [0.25, 0.3) is 0 Å². The Labute approximate surface area is 81.6 Å². The van der Waals surface area contributed by atoms with Crippen LogP contribution in [0.5, 0.6) is 0 Å². The number of cyclic esters (lactones) is 1. The fraction of sp³-hybridized carbons (Fsp3) is 0.286. The van der Waals surface area contributed by atoms with E-state index in [1.165, 1.54) is 6.08 Å². The van der Waals surface area contributed by atoms with Crippen molar-refractivity contribution in [2.45, 2.75) is 13.0 Å². The molecule has 0 aliphatic carbocycles. The Morgan fingerprint density at radius 3 is 2.82 bits per heavy atom. The van der Waals surface area contributed by atoms with Crippen LogP contribution in [0.3, 0.4) is 0 Å². The summed E-state index contributed by atoms with van der Waals surface area (Å²) in [5, 5.41) is 0. The Balaban J connectivity index is 2.72. The maximum atomic E-state index is 10.7. The van der Waals surface area contributed by atoms with Gasteiger partial charge in [-0.25, -0.2) is 4.79 Å². The Morgan fingerprint density at radius 2 is 2.45 bits per heavy atom. The van der Waals surface area contributed by atoms with Crippen molar-refractivity contribution in [1.82, 2.24) is 0 Å². The molecule has 1 rings (SSSR count). The third-order valence-electron chi connectivity index (χ3n) is 1.15. The van der Waals surface area contributed by atoms with Gasteiger partial charge >= 0.3 is 5.97 Å². The third-order valence-corrected chi connectivity index (χ3v) is 2.10. The smallest absolute Gasteiger partial charge is 0.332 e. The van der Waals surface area contributed by atoms with Crippen LogP contribution in [0.25, 0.3) is 0 Å². The summed E-state index contributed by atoms with van der Waals surface area (Å²) >= 11 is 6.48. The zero-order chi connectivity index (χ0) is 8.43. The van der Waals surface area contributed by atoms with Crippen molar-refractivity contribution in [3.63, 3.8) is 0 Å². The van der Waals surface area contributed by atoms with Gasteiger partial charge in [0.1, 0.15) is 0 Å². The summed E-state index contributed by atoms with van der Waals surface area (Å²) < 4.78 is 6.61. The third kappa shape index (κ3) is 2.45. The Morgan fingerprint density at radius 1 is 1.82 bits per heavy atom. The van der Waals surface area contributed by atoms with Crippen LogP contribution in [0.1, 0.15) is 6.92 Å². The lowest BCUT2D eigenvalue weighted by Crippen LogP contribution is -2.05. The molecular weight excluding hydrogens is 276 g/mol. The van der Waals surface area contributed by atoms with Gasteiger partial charge in [0, 0.05) is 10.6 Å². The van der Waals surface area contributed by atoms with E-state index in [1.807, 2.05) is 13.0 Å². The van der Waals surface area contributed by atoms with Gasteiger partial charge in [-0.1, -0.05) is 31.9 Å². The fourth-order valence-corrected chi connectivity index (χ4v) is 1.39. The molecule has 0 radical (unpaired) electrons. The Bertz CT molecular complexity index is 239. The van der Waals surface area contributed by atoms with E-state index in [2.05, 4.69) is 31.9 Å². The second kappa shape index (κ2) is 3.54. The summed E-state index contributed by atoms with van der Waals surface area (Å²) in [6, 6.07) is 0. The summed E-state index contributed by atoms with van der Waals surface area (Å²) in [7, 11) is 0. The lowest BCUT2D eigenvalue weighted by atomic mass is 10.3. The highest BCUT2D eigenvalue weighted by Crippen LogP contribution is 2.24. The number of halogens is 2. The van der Waals surface area contributed by atoms with E-state index in [0.29, 0.717) is 0 Å². The minimum atomic E-state index is -0.299. The Kier molecular flexibility index (Phi) is 2.90. The first-order valence-corrected chi connectivity index (χ1v) is 4.60. The van der Waals surface area contributed by atoms with Crippen LogP contribution in [0.4, 0.5) is 0 Å². The molecule has 0 N–H and O–H groups in total. The highest BCUT2D eigenvalue weighted by molar-refractivity contribution is 9.12. The number of rotatable bonds is 1. The predicted molar refractivity (Wildman–Crippen MR) is 49.6 cm³/mol. The van der Waals surface area contributed by atoms with Crippen molar-refractivity contribution in [1.29, 1.82) is 0 Å². The predicted octanol–water partition coefficient (Wildman–Crippen LogP) is 2.49. The molecule has 0 spiro atoms. The van der Waals surface area contributed by atoms with Gasteiger partial charge in [0.15, 0.2) is 6.10 Å². The molecule has 4 heteroatoms. The number of carbonyl (C=O) groups excluding carboxylic acids is 1. The number of hydrogen-bond donors (Lipinski definition) is 0. The maximum Gasteiger partial charge on any atom is 0.332 e. The summed E-state index contributed by atoms with van der Waals surface area (Å²) in [6.45, 7) is 1.88. The number of allylic oxidation sites excluding steroid dienone is 1. The van der Waals surface area contributed by atoms with Crippen LogP contribution in [0.2, 0.25) is 0 Å². The monoisotopic (exact) mass is 280 g/mol. The Hall–Kier alpha value is -0.0900. The molecule has 0 amide bonds. The zero-order valence-corrected chi connectivity index (χ0v) is 8.98. The fourth-order valence-electron chi connectivity index (χ4n) is 0.732. The van der Waals surface area contributed by atoms with Gasteiger partial charge in [-0.15, -0.1) is 0 Å². The largest absolute Gasteiger partial charge is 0.449 e. The minimum Gasteiger partial charge on any atom is -0.449 e. The van der Waals surface area contributed by atoms with Crippen molar-refractivity contribution < 1.29 is 9.53 Å². The average molecular weight is 282 g/mol. The van der Waals surface area contributed by atoms with Crippen molar-refractivity contribution in [3.05, 3.63) is 21.1 Å². The summed E-state index contributed by atoms with van der Waals surface area (Å²) in [4.78, 5) is 10.7. The SMILES string of the molecule is C/C(Br)=C/[C@H]1OC(=O)C=C1Br. The van der Waals surface area contributed by atoms with Crippen LogP contribution < -0.4 is 0 Å². The molecule has 1 aliphatic heterocycles. The van der Waals surface area contributed by atoms with Crippen molar-refractivity contribution in [3.8, 4) is 0 Å². The van der Waals surface area contributed by atoms with Crippen LogP contribution in [-0.2, 0) is 9.53 Å². The molecule has 0 saturated carbocycles. The molecule has 1 heterocycles. The molecule has 0 aromatic carbocycles. The van der Waals surface area contributed by atoms with E-state index >= 15 is 0 Å². The molecule has 1 atom stereocenters. The van der Waals surface area contributed by atoms with E-state index in [-0.39, 0.29) is 12.1 Å². The minimum absolute atomic E-state index is 0.248. The molecule has 0 bridgehead atoms. The van der Waals surface area contributed by atoms with Crippen LogP contribution in [0, 0.1) is 0 Å². The molecule has 0 unspecified atom stereocenters. The van der Waals surface area contributed by atoms with Gasteiger partial charge in [0.05, 0.1) is 0 Å². The van der Waals surface area contributed by atoms with E-state index in [1.54, 1.807) is 0 Å². The molecule has 2 nitrogen and oxygen atoms in total. The molecule has 0 aromatic rings. The zero-order valence-electron chi connectivity index (χ0n) is 5.80. The molecule has 0 fully saturated rings. The number of carbonyl (C=O) groups is 1. The highest BCUT2D eigenvalue weighted by Gasteiger charge is 2.21. The maximum absolute atomic E-state index is 10.7. The lowest BCUT2D eigenvalue weighted by molar-refractivity contribution is -0.137. The molecule has 0 saturated heterocycles. The standard InChI is InChI=1S/C7H6Br2O2/c1-4(8)2-6-5(9)3-7(10)11-6/h2-3,6H,1H3/b4-2-/t6-/m1/s1. The summed E-state index contributed by atoms with van der Waals surface area (Å²) in [6.07, 6.45) is 2.99. The quantitative estimate of drug-likeness (QED) is 0.691. The molecule has 60 valence electrons. The lowest BCUT2D eigenvalue weighted by Gasteiger charge is -2.04. The number of ether oxygens (including phenoxy) is 1. The van der Waals surface area contributed by atoms with Crippen LogP contribution in [0.15, 0.2) is 21.1 Å². The van der Waals surface area contributed by atoms with Gasteiger partial charge in [-0.05, 0) is 17.5 Å². The normalized spacial score (nSPS) is 25.0. The van der Waals surface area contributed by atoms with Gasteiger partial charge < -0.3 is 4.74 Å². The first-order chi connectivity index (χ1) is 5.09. The van der Waals surface area contributed by atoms with Crippen LogP contribution in [-0.4, -0.2) is 12.1 Å².